The van der Waals surface area contributed by atoms with Crippen LogP contribution in [0.15, 0.2) is 4.99 Å². The summed E-state index contributed by atoms with van der Waals surface area (Å²) in [5.41, 5.74) is -0.309. The zero-order valence-electron chi connectivity index (χ0n) is 9.59. The summed E-state index contributed by atoms with van der Waals surface area (Å²) in [6, 6.07) is 0. The number of Topliss-reactive ketones (excluding diaryl/α,β-unsaturated/α-hetero) is 2. The molecule has 82 valence electrons. The van der Waals surface area contributed by atoms with Crippen LogP contribution in [0, 0.1) is 5.41 Å². The topological polar surface area (TPSA) is 46.5 Å². The highest BCUT2D eigenvalue weighted by atomic mass is 16.2. The molecule has 1 fully saturated rings. The summed E-state index contributed by atoms with van der Waals surface area (Å²) >= 11 is 0. The number of ketones is 2. The fraction of sp³-hybridized carbons (Fsp3) is 0.750. The van der Waals surface area contributed by atoms with Crippen molar-refractivity contribution in [3.8, 4) is 0 Å². The van der Waals surface area contributed by atoms with Gasteiger partial charge in [-0.3, -0.25) is 14.6 Å². The second-order valence-electron chi connectivity index (χ2n) is 5.38. The monoisotopic (exact) mass is 207 g/mol. The Bertz CT molecular complexity index is 346. The Morgan fingerprint density at radius 2 is 1.73 bits per heavy atom. The van der Waals surface area contributed by atoms with E-state index in [4.69, 9.17) is 0 Å². The number of nitrogens with zero attached hydrogens (tertiary/aromatic N) is 1. The van der Waals surface area contributed by atoms with Gasteiger partial charge in [-0.2, -0.15) is 0 Å². The van der Waals surface area contributed by atoms with Gasteiger partial charge in [0.05, 0.1) is 5.71 Å². The van der Waals surface area contributed by atoms with E-state index in [1.54, 1.807) is 0 Å². The Kier molecular flexibility index (Phi) is 2.11. The van der Waals surface area contributed by atoms with Crippen molar-refractivity contribution in [2.45, 2.75) is 52.0 Å². The summed E-state index contributed by atoms with van der Waals surface area (Å²) < 4.78 is 0. The summed E-state index contributed by atoms with van der Waals surface area (Å²) in [5.74, 6) is 0.0411. The first-order chi connectivity index (χ1) is 6.92. The predicted molar refractivity (Wildman–Crippen MR) is 58.1 cm³/mol. The quantitative estimate of drug-likeness (QED) is 0.649. The maximum absolute atomic E-state index is 12.0. The van der Waals surface area contributed by atoms with Crippen LogP contribution in [-0.2, 0) is 9.59 Å². The van der Waals surface area contributed by atoms with Crippen molar-refractivity contribution in [2.24, 2.45) is 10.4 Å². The van der Waals surface area contributed by atoms with Gasteiger partial charge in [-0.1, -0.05) is 27.2 Å². The van der Waals surface area contributed by atoms with Crippen molar-refractivity contribution in [1.82, 2.24) is 0 Å². The summed E-state index contributed by atoms with van der Waals surface area (Å²) in [6.45, 7) is 5.98. The largest absolute Gasteiger partial charge is 0.296 e. The summed E-state index contributed by atoms with van der Waals surface area (Å²) in [4.78, 5) is 28.1. The molecule has 1 saturated carbocycles. The van der Waals surface area contributed by atoms with E-state index < -0.39 is 5.54 Å². The Balaban J connectivity index is 2.17. The minimum absolute atomic E-state index is 0.0206. The minimum Gasteiger partial charge on any atom is -0.296 e. The molecule has 1 aliphatic carbocycles. The van der Waals surface area contributed by atoms with Crippen LogP contribution in [0.4, 0.5) is 0 Å². The van der Waals surface area contributed by atoms with E-state index >= 15 is 0 Å². The Hall–Kier alpha value is -0.990. The summed E-state index contributed by atoms with van der Waals surface area (Å²) in [5, 5.41) is 0. The lowest BCUT2D eigenvalue weighted by atomic mass is 9.69. The molecule has 1 heterocycles. The van der Waals surface area contributed by atoms with E-state index in [1.807, 2.05) is 20.8 Å². The molecule has 0 aromatic rings. The second kappa shape index (κ2) is 3.00. The van der Waals surface area contributed by atoms with Crippen molar-refractivity contribution >= 4 is 17.3 Å². The van der Waals surface area contributed by atoms with Crippen LogP contribution in [0.5, 0.6) is 0 Å². The molecule has 3 nitrogen and oxygen atoms in total. The highest BCUT2D eigenvalue weighted by Crippen LogP contribution is 2.45. The highest BCUT2D eigenvalue weighted by molar-refractivity contribution is 6.40. The molecular weight excluding hydrogens is 190 g/mol. The van der Waals surface area contributed by atoms with Gasteiger partial charge in [0.15, 0.2) is 11.6 Å². The number of hydrogen-bond acceptors (Lipinski definition) is 3. The van der Waals surface area contributed by atoms with Crippen molar-refractivity contribution in [3.63, 3.8) is 0 Å². The highest BCUT2D eigenvalue weighted by Gasteiger charge is 2.62. The average molecular weight is 207 g/mol. The first-order valence-electron chi connectivity index (χ1n) is 5.58. The standard InChI is InChI=1S/C12H17NO2/c1-4-5-8-12(13-8)9(14)6-11(2,3)7-10(12)15/h4-7H2,1-3H3. The SMILES string of the molecule is CCCC1=NC12C(=O)CC(C)(C)CC2=O. The lowest BCUT2D eigenvalue weighted by molar-refractivity contribution is -0.136. The third-order valence-corrected chi connectivity index (χ3v) is 3.24. The molecule has 0 amide bonds. The number of aliphatic imine (C=N–C) groups is 1. The molecule has 3 heteroatoms. The van der Waals surface area contributed by atoms with Gasteiger partial charge in [-0.25, -0.2) is 0 Å². The molecule has 15 heavy (non-hydrogen) atoms. The molecule has 0 radical (unpaired) electrons. The van der Waals surface area contributed by atoms with Gasteiger partial charge in [0, 0.05) is 12.8 Å². The van der Waals surface area contributed by atoms with Crippen molar-refractivity contribution in [2.75, 3.05) is 0 Å². The van der Waals surface area contributed by atoms with Crippen LogP contribution in [0.1, 0.15) is 46.5 Å². The van der Waals surface area contributed by atoms with Gasteiger partial charge in [0.2, 0.25) is 5.54 Å². The number of carbonyl (C=O) groups is 2. The number of carbonyl (C=O) groups excluding carboxylic acids is 2. The molecule has 1 spiro atoms. The van der Waals surface area contributed by atoms with Crippen LogP contribution in [-0.4, -0.2) is 22.8 Å². The summed E-state index contributed by atoms with van der Waals surface area (Å²) in [6.07, 6.45) is 2.70. The maximum atomic E-state index is 12.0. The van der Waals surface area contributed by atoms with E-state index in [-0.39, 0.29) is 17.0 Å². The third kappa shape index (κ3) is 1.45. The molecule has 0 aromatic heterocycles. The molecule has 0 unspecified atom stereocenters. The van der Waals surface area contributed by atoms with Crippen molar-refractivity contribution in [1.29, 1.82) is 0 Å². The molecular formula is C12H17NO2. The first kappa shape index (κ1) is 10.5. The number of hydrogen-bond donors (Lipinski definition) is 0. The molecule has 0 atom stereocenters. The van der Waals surface area contributed by atoms with E-state index in [2.05, 4.69) is 4.99 Å². The van der Waals surface area contributed by atoms with E-state index in [1.165, 1.54) is 0 Å². The van der Waals surface area contributed by atoms with Gasteiger partial charge >= 0.3 is 0 Å². The van der Waals surface area contributed by atoms with Crippen molar-refractivity contribution in [3.05, 3.63) is 0 Å². The molecule has 1 aliphatic heterocycles. The smallest absolute Gasteiger partial charge is 0.214 e. The van der Waals surface area contributed by atoms with Crippen LogP contribution in [0.2, 0.25) is 0 Å². The first-order valence-corrected chi connectivity index (χ1v) is 5.58. The minimum atomic E-state index is -0.967. The van der Waals surface area contributed by atoms with Crippen LogP contribution < -0.4 is 0 Å². The van der Waals surface area contributed by atoms with Gasteiger partial charge in [-0.15, -0.1) is 0 Å². The van der Waals surface area contributed by atoms with Crippen molar-refractivity contribution < 1.29 is 9.59 Å². The molecule has 0 N–H and O–H groups in total. The average Bonchev–Trinajstić information content (AvgIpc) is 2.76. The second-order valence-corrected chi connectivity index (χ2v) is 5.38. The summed E-state index contributed by atoms with van der Waals surface area (Å²) in [7, 11) is 0. The fourth-order valence-electron chi connectivity index (χ4n) is 2.44. The lowest BCUT2D eigenvalue weighted by Crippen LogP contribution is -2.47. The zero-order chi connectivity index (χ0) is 11.3. The van der Waals surface area contributed by atoms with Gasteiger partial charge in [-0.05, 0) is 11.8 Å². The Labute approximate surface area is 90.0 Å². The molecule has 0 saturated heterocycles. The Morgan fingerprint density at radius 3 is 2.20 bits per heavy atom. The van der Waals surface area contributed by atoms with Crippen LogP contribution in [0.3, 0.4) is 0 Å². The van der Waals surface area contributed by atoms with Crippen LogP contribution >= 0.6 is 0 Å². The van der Waals surface area contributed by atoms with Gasteiger partial charge in [0.1, 0.15) is 0 Å². The van der Waals surface area contributed by atoms with E-state index in [0.717, 1.165) is 18.6 Å². The number of rotatable bonds is 2. The maximum Gasteiger partial charge on any atom is 0.214 e. The Morgan fingerprint density at radius 1 is 1.20 bits per heavy atom. The molecule has 2 rings (SSSR count). The van der Waals surface area contributed by atoms with Gasteiger partial charge < -0.3 is 0 Å². The fourth-order valence-corrected chi connectivity index (χ4v) is 2.44. The zero-order valence-corrected chi connectivity index (χ0v) is 9.59. The third-order valence-electron chi connectivity index (χ3n) is 3.24. The van der Waals surface area contributed by atoms with Crippen LogP contribution in [0.25, 0.3) is 0 Å². The predicted octanol–water partition coefficient (Wildman–Crippen LogP) is 1.94. The normalized spacial score (nSPS) is 26.7. The lowest BCUT2D eigenvalue weighted by Gasteiger charge is -2.31. The van der Waals surface area contributed by atoms with E-state index in [9.17, 15) is 9.59 Å². The molecule has 0 aromatic carbocycles. The molecule has 2 aliphatic rings. The molecule has 0 bridgehead atoms. The van der Waals surface area contributed by atoms with Gasteiger partial charge in [0.25, 0.3) is 0 Å². The van der Waals surface area contributed by atoms with E-state index in [0.29, 0.717) is 12.8 Å².